The van der Waals surface area contributed by atoms with E-state index in [1.54, 1.807) is 0 Å². The molecule has 10 heavy (non-hydrogen) atoms. The highest BCUT2D eigenvalue weighted by Crippen LogP contribution is 2.02. The molecule has 0 atom stereocenters. The van der Waals surface area contributed by atoms with Crippen molar-refractivity contribution in [2.45, 2.75) is 13.3 Å². The normalized spacial score (nSPS) is 17.8. The first-order valence-corrected chi connectivity index (χ1v) is 3.86. The van der Waals surface area contributed by atoms with Gasteiger partial charge in [-0.1, -0.05) is 6.92 Å². The molecule has 0 aromatic carbocycles. The molecule has 3 heteroatoms. The van der Waals surface area contributed by atoms with E-state index >= 15 is 0 Å². The second-order valence-electron chi connectivity index (χ2n) is 2.43. The third-order valence-corrected chi connectivity index (χ3v) is 1.74. The van der Waals surface area contributed by atoms with E-state index in [1.165, 1.54) is 5.84 Å². The quantitative estimate of drug-likeness (QED) is 0.604. The summed E-state index contributed by atoms with van der Waals surface area (Å²) in [6.45, 7) is 5.86. The number of hydrogen-bond acceptors (Lipinski definition) is 3. The summed E-state index contributed by atoms with van der Waals surface area (Å²) in [4.78, 5) is 6.61. The second kappa shape index (κ2) is 3.56. The topological polar surface area (TPSA) is 41.6 Å². The Morgan fingerprint density at radius 1 is 1.70 bits per heavy atom. The van der Waals surface area contributed by atoms with Crippen LogP contribution in [0, 0.1) is 0 Å². The monoisotopic (exact) mass is 141 g/mol. The molecule has 2 N–H and O–H groups in total. The van der Waals surface area contributed by atoms with Crippen LogP contribution in [0.4, 0.5) is 0 Å². The lowest BCUT2D eigenvalue weighted by atomic mass is 10.4. The summed E-state index contributed by atoms with van der Waals surface area (Å²) in [5.74, 6) is 1.23. The molecule has 0 aliphatic carbocycles. The Hall–Kier alpha value is -0.570. The van der Waals surface area contributed by atoms with Crippen LogP contribution in [-0.4, -0.2) is 36.9 Å². The zero-order valence-corrected chi connectivity index (χ0v) is 6.51. The van der Waals surface area contributed by atoms with Crippen molar-refractivity contribution in [3.63, 3.8) is 0 Å². The molecular formula is C7H15N3. The van der Waals surface area contributed by atoms with Crippen LogP contribution in [0.25, 0.3) is 0 Å². The standard InChI is InChI=1S/C7H15N3/c1-2-7-9-4-6-10(7)5-3-8/h2-6,8H2,1H3. The number of aliphatic imine (C=N–C) groups is 1. The molecule has 1 aliphatic heterocycles. The van der Waals surface area contributed by atoms with E-state index in [4.69, 9.17) is 5.73 Å². The minimum absolute atomic E-state index is 0.735. The lowest BCUT2D eigenvalue weighted by Gasteiger charge is -2.17. The molecule has 1 rings (SSSR count). The Balaban J connectivity index is 2.38. The van der Waals surface area contributed by atoms with E-state index < -0.39 is 0 Å². The van der Waals surface area contributed by atoms with Gasteiger partial charge in [0.15, 0.2) is 0 Å². The van der Waals surface area contributed by atoms with E-state index in [9.17, 15) is 0 Å². The predicted molar refractivity (Wildman–Crippen MR) is 43.2 cm³/mol. The van der Waals surface area contributed by atoms with Crippen LogP contribution in [0.3, 0.4) is 0 Å². The van der Waals surface area contributed by atoms with Gasteiger partial charge in [0.1, 0.15) is 0 Å². The highest BCUT2D eigenvalue weighted by Gasteiger charge is 2.12. The summed E-state index contributed by atoms with van der Waals surface area (Å²) in [7, 11) is 0. The number of rotatable bonds is 3. The van der Waals surface area contributed by atoms with Crippen LogP contribution in [0.2, 0.25) is 0 Å². The maximum Gasteiger partial charge on any atom is 0.0988 e. The molecule has 3 nitrogen and oxygen atoms in total. The molecule has 1 aliphatic rings. The van der Waals surface area contributed by atoms with Gasteiger partial charge in [-0.3, -0.25) is 4.99 Å². The number of hydrogen-bond donors (Lipinski definition) is 1. The molecule has 0 fully saturated rings. The molecule has 0 saturated carbocycles. The van der Waals surface area contributed by atoms with Crippen LogP contribution in [-0.2, 0) is 0 Å². The van der Waals surface area contributed by atoms with Gasteiger partial charge in [0.2, 0.25) is 0 Å². The predicted octanol–water partition coefficient (Wildman–Crippen LogP) is 0.0692. The van der Waals surface area contributed by atoms with Gasteiger partial charge in [-0.15, -0.1) is 0 Å². The molecule has 1 heterocycles. The van der Waals surface area contributed by atoms with Crippen molar-refractivity contribution in [3.05, 3.63) is 0 Å². The lowest BCUT2D eigenvalue weighted by Crippen LogP contribution is -2.32. The fourth-order valence-corrected chi connectivity index (χ4v) is 1.26. The number of nitrogens with zero attached hydrogens (tertiary/aromatic N) is 2. The lowest BCUT2D eigenvalue weighted by molar-refractivity contribution is 0.461. The third-order valence-electron chi connectivity index (χ3n) is 1.74. The molecule has 0 amide bonds. The number of amidine groups is 1. The highest BCUT2D eigenvalue weighted by atomic mass is 15.2. The maximum absolute atomic E-state index is 5.43. The van der Waals surface area contributed by atoms with E-state index in [0.717, 1.165) is 32.6 Å². The first-order chi connectivity index (χ1) is 4.88. The summed E-state index contributed by atoms with van der Waals surface area (Å²) in [5, 5.41) is 0. The molecular weight excluding hydrogens is 126 g/mol. The van der Waals surface area contributed by atoms with Crippen molar-refractivity contribution in [2.24, 2.45) is 10.7 Å². The van der Waals surface area contributed by atoms with Crippen LogP contribution < -0.4 is 5.73 Å². The zero-order chi connectivity index (χ0) is 7.40. The summed E-state index contributed by atoms with van der Waals surface area (Å²) in [6, 6.07) is 0. The average molecular weight is 141 g/mol. The van der Waals surface area contributed by atoms with Gasteiger partial charge in [-0.2, -0.15) is 0 Å². The van der Waals surface area contributed by atoms with Gasteiger partial charge in [-0.05, 0) is 0 Å². The molecule has 0 aromatic rings. The Kier molecular flexibility index (Phi) is 2.68. The second-order valence-corrected chi connectivity index (χ2v) is 2.43. The third kappa shape index (κ3) is 1.48. The van der Waals surface area contributed by atoms with Crippen molar-refractivity contribution in [1.82, 2.24) is 4.90 Å². The van der Waals surface area contributed by atoms with Crippen molar-refractivity contribution in [1.29, 1.82) is 0 Å². The maximum atomic E-state index is 5.43. The smallest absolute Gasteiger partial charge is 0.0988 e. The van der Waals surface area contributed by atoms with Crippen LogP contribution in [0.1, 0.15) is 13.3 Å². The summed E-state index contributed by atoms with van der Waals surface area (Å²) in [6.07, 6.45) is 1.04. The fraction of sp³-hybridized carbons (Fsp3) is 0.857. The van der Waals surface area contributed by atoms with Crippen molar-refractivity contribution in [3.8, 4) is 0 Å². The minimum Gasteiger partial charge on any atom is -0.357 e. The van der Waals surface area contributed by atoms with Crippen molar-refractivity contribution in [2.75, 3.05) is 26.2 Å². The number of nitrogens with two attached hydrogens (primary N) is 1. The Bertz CT molecular complexity index is 131. The molecule has 0 saturated heterocycles. The first-order valence-electron chi connectivity index (χ1n) is 3.86. The highest BCUT2D eigenvalue weighted by molar-refractivity contribution is 5.83. The van der Waals surface area contributed by atoms with Crippen molar-refractivity contribution < 1.29 is 0 Å². The van der Waals surface area contributed by atoms with Gasteiger partial charge in [0, 0.05) is 26.1 Å². The average Bonchev–Trinajstić information content (AvgIpc) is 2.36. The molecule has 0 aromatic heterocycles. The Morgan fingerprint density at radius 3 is 3.10 bits per heavy atom. The summed E-state index contributed by atoms with van der Waals surface area (Å²) in [5.41, 5.74) is 5.43. The van der Waals surface area contributed by atoms with E-state index in [2.05, 4.69) is 16.8 Å². The molecule has 0 unspecified atom stereocenters. The molecule has 0 radical (unpaired) electrons. The van der Waals surface area contributed by atoms with Gasteiger partial charge < -0.3 is 10.6 Å². The molecule has 0 spiro atoms. The van der Waals surface area contributed by atoms with Crippen molar-refractivity contribution >= 4 is 5.84 Å². The largest absolute Gasteiger partial charge is 0.357 e. The van der Waals surface area contributed by atoms with Crippen LogP contribution in [0.5, 0.6) is 0 Å². The SMILES string of the molecule is CCC1=NCCN1CCN. The zero-order valence-electron chi connectivity index (χ0n) is 6.51. The minimum atomic E-state index is 0.735. The Labute approximate surface area is 61.9 Å². The van der Waals surface area contributed by atoms with Crippen LogP contribution >= 0.6 is 0 Å². The van der Waals surface area contributed by atoms with Gasteiger partial charge in [0.05, 0.1) is 12.4 Å². The molecule has 58 valence electrons. The fourth-order valence-electron chi connectivity index (χ4n) is 1.26. The van der Waals surface area contributed by atoms with E-state index in [0.29, 0.717) is 0 Å². The van der Waals surface area contributed by atoms with E-state index in [-0.39, 0.29) is 0 Å². The van der Waals surface area contributed by atoms with E-state index in [1.807, 2.05) is 0 Å². The first kappa shape index (κ1) is 7.54. The van der Waals surface area contributed by atoms with Gasteiger partial charge >= 0.3 is 0 Å². The van der Waals surface area contributed by atoms with Gasteiger partial charge in [-0.25, -0.2) is 0 Å². The molecule has 0 bridgehead atoms. The van der Waals surface area contributed by atoms with Gasteiger partial charge in [0.25, 0.3) is 0 Å². The Morgan fingerprint density at radius 2 is 2.50 bits per heavy atom. The summed E-state index contributed by atoms with van der Waals surface area (Å²) >= 11 is 0. The van der Waals surface area contributed by atoms with Crippen LogP contribution in [0.15, 0.2) is 4.99 Å². The summed E-state index contributed by atoms with van der Waals surface area (Å²) < 4.78 is 0.